The Kier molecular flexibility index (Phi) is 6.42. The fourth-order valence-electron chi connectivity index (χ4n) is 2.19. The molecular formula is C17H23BrN2S. The van der Waals surface area contributed by atoms with Crippen LogP contribution < -0.4 is 5.32 Å². The first kappa shape index (κ1) is 16.7. The quantitative estimate of drug-likeness (QED) is 0.767. The number of rotatable bonds is 7. The Morgan fingerprint density at radius 3 is 2.62 bits per heavy atom. The summed E-state index contributed by atoms with van der Waals surface area (Å²) >= 11 is 5.47. The van der Waals surface area contributed by atoms with Crippen LogP contribution in [0.5, 0.6) is 0 Å². The SMILES string of the molecule is CC(C)NCc1ccc(CN(C)Cc2ccsc2)c(Br)c1. The second-order valence-corrected chi connectivity index (χ2v) is 7.40. The molecule has 1 aromatic carbocycles. The van der Waals surface area contributed by atoms with Gasteiger partial charge in [-0.3, -0.25) is 4.90 Å². The topological polar surface area (TPSA) is 15.3 Å². The van der Waals surface area contributed by atoms with Crippen LogP contribution in [0.2, 0.25) is 0 Å². The van der Waals surface area contributed by atoms with E-state index >= 15 is 0 Å². The molecule has 0 amide bonds. The number of benzene rings is 1. The smallest absolute Gasteiger partial charge is 0.0245 e. The molecule has 1 aromatic heterocycles. The van der Waals surface area contributed by atoms with Gasteiger partial charge in [-0.25, -0.2) is 0 Å². The Hall–Kier alpha value is -0.680. The zero-order chi connectivity index (χ0) is 15.2. The Morgan fingerprint density at radius 2 is 2.00 bits per heavy atom. The van der Waals surface area contributed by atoms with E-state index in [1.54, 1.807) is 11.3 Å². The van der Waals surface area contributed by atoms with Crippen LogP contribution in [0, 0.1) is 0 Å². The molecule has 0 bridgehead atoms. The molecule has 1 heterocycles. The molecule has 0 atom stereocenters. The first-order valence-electron chi connectivity index (χ1n) is 7.25. The number of halogens is 1. The maximum absolute atomic E-state index is 3.71. The molecule has 0 radical (unpaired) electrons. The number of thiophene rings is 1. The molecule has 0 saturated heterocycles. The summed E-state index contributed by atoms with van der Waals surface area (Å²) in [7, 11) is 2.17. The van der Waals surface area contributed by atoms with Crippen molar-refractivity contribution in [1.82, 2.24) is 10.2 Å². The minimum absolute atomic E-state index is 0.514. The predicted octanol–water partition coefficient (Wildman–Crippen LogP) is 4.64. The highest BCUT2D eigenvalue weighted by atomic mass is 79.9. The van der Waals surface area contributed by atoms with Crippen molar-refractivity contribution in [2.45, 2.75) is 39.5 Å². The van der Waals surface area contributed by atoms with Crippen LogP contribution in [0.25, 0.3) is 0 Å². The van der Waals surface area contributed by atoms with Crippen molar-refractivity contribution >= 4 is 27.3 Å². The average molecular weight is 367 g/mol. The van der Waals surface area contributed by atoms with Crippen molar-refractivity contribution in [3.05, 3.63) is 56.2 Å². The van der Waals surface area contributed by atoms with E-state index in [4.69, 9.17) is 0 Å². The van der Waals surface area contributed by atoms with Gasteiger partial charge in [0.05, 0.1) is 0 Å². The molecule has 2 aromatic rings. The van der Waals surface area contributed by atoms with Crippen LogP contribution >= 0.6 is 27.3 Å². The second-order valence-electron chi connectivity index (χ2n) is 5.77. The van der Waals surface area contributed by atoms with E-state index in [2.05, 4.69) is 82.1 Å². The summed E-state index contributed by atoms with van der Waals surface area (Å²) in [5.74, 6) is 0. The van der Waals surface area contributed by atoms with Gasteiger partial charge >= 0.3 is 0 Å². The summed E-state index contributed by atoms with van der Waals surface area (Å²) in [6.45, 7) is 7.20. The molecule has 0 fully saturated rings. The van der Waals surface area contributed by atoms with Gasteiger partial charge in [0, 0.05) is 30.1 Å². The highest BCUT2D eigenvalue weighted by molar-refractivity contribution is 9.10. The number of nitrogens with one attached hydrogen (secondary N) is 1. The lowest BCUT2D eigenvalue weighted by Gasteiger charge is -2.17. The monoisotopic (exact) mass is 366 g/mol. The fraction of sp³-hybridized carbons (Fsp3) is 0.412. The Labute approximate surface area is 140 Å². The van der Waals surface area contributed by atoms with Crippen LogP contribution in [-0.4, -0.2) is 18.0 Å². The molecule has 0 aliphatic carbocycles. The molecule has 2 nitrogen and oxygen atoms in total. The van der Waals surface area contributed by atoms with E-state index in [-0.39, 0.29) is 0 Å². The summed E-state index contributed by atoms with van der Waals surface area (Å²) in [4.78, 5) is 2.34. The Morgan fingerprint density at radius 1 is 1.19 bits per heavy atom. The molecule has 0 aliphatic rings. The highest BCUT2D eigenvalue weighted by Crippen LogP contribution is 2.21. The predicted molar refractivity (Wildman–Crippen MR) is 95.6 cm³/mol. The lowest BCUT2D eigenvalue weighted by molar-refractivity contribution is 0.319. The lowest BCUT2D eigenvalue weighted by Crippen LogP contribution is -2.22. The minimum Gasteiger partial charge on any atom is -0.310 e. The summed E-state index contributed by atoms with van der Waals surface area (Å²) in [6, 6.07) is 9.37. The van der Waals surface area contributed by atoms with Gasteiger partial charge in [0.2, 0.25) is 0 Å². The maximum Gasteiger partial charge on any atom is 0.0245 e. The van der Waals surface area contributed by atoms with Crippen molar-refractivity contribution in [1.29, 1.82) is 0 Å². The van der Waals surface area contributed by atoms with Crippen molar-refractivity contribution in [2.75, 3.05) is 7.05 Å². The minimum atomic E-state index is 0.514. The molecule has 0 unspecified atom stereocenters. The third-order valence-electron chi connectivity index (χ3n) is 3.30. The van der Waals surface area contributed by atoms with Crippen LogP contribution in [0.15, 0.2) is 39.5 Å². The first-order valence-corrected chi connectivity index (χ1v) is 8.98. The molecule has 114 valence electrons. The number of hydrogen-bond donors (Lipinski definition) is 1. The fourth-order valence-corrected chi connectivity index (χ4v) is 3.40. The summed E-state index contributed by atoms with van der Waals surface area (Å²) in [5.41, 5.74) is 4.04. The number of nitrogens with zero attached hydrogens (tertiary/aromatic N) is 1. The van der Waals surface area contributed by atoms with E-state index < -0.39 is 0 Å². The zero-order valence-corrected chi connectivity index (χ0v) is 15.3. The van der Waals surface area contributed by atoms with Crippen LogP contribution in [-0.2, 0) is 19.6 Å². The standard InChI is InChI=1S/C17H23BrN2S/c1-13(2)19-9-14-4-5-16(17(18)8-14)11-20(3)10-15-6-7-21-12-15/h4-8,12-13,19H,9-11H2,1-3H3. The molecule has 21 heavy (non-hydrogen) atoms. The molecule has 0 saturated carbocycles. The Balaban J connectivity index is 1.93. The van der Waals surface area contributed by atoms with E-state index in [1.165, 1.54) is 21.2 Å². The van der Waals surface area contributed by atoms with Crippen LogP contribution in [0.3, 0.4) is 0 Å². The van der Waals surface area contributed by atoms with E-state index in [1.807, 2.05) is 0 Å². The van der Waals surface area contributed by atoms with Gasteiger partial charge in [0.25, 0.3) is 0 Å². The summed E-state index contributed by atoms with van der Waals surface area (Å²) < 4.78 is 1.20. The molecule has 2 rings (SSSR count). The average Bonchev–Trinajstić information content (AvgIpc) is 2.92. The zero-order valence-electron chi connectivity index (χ0n) is 12.9. The van der Waals surface area contributed by atoms with Gasteiger partial charge in [-0.2, -0.15) is 11.3 Å². The summed E-state index contributed by atoms with van der Waals surface area (Å²) in [6.07, 6.45) is 0. The number of hydrogen-bond acceptors (Lipinski definition) is 3. The van der Waals surface area contributed by atoms with E-state index in [0.29, 0.717) is 6.04 Å². The third-order valence-corrected chi connectivity index (χ3v) is 4.78. The summed E-state index contributed by atoms with van der Waals surface area (Å²) in [5, 5.41) is 7.80. The van der Waals surface area contributed by atoms with Gasteiger partial charge in [-0.15, -0.1) is 0 Å². The second kappa shape index (κ2) is 8.08. The molecule has 0 spiro atoms. The van der Waals surface area contributed by atoms with Crippen LogP contribution in [0.4, 0.5) is 0 Å². The maximum atomic E-state index is 3.71. The highest BCUT2D eigenvalue weighted by Gasteiger charge is 2.07. The van der Waals surface area contributed by atoms with Crippen molar-refractivity contribution in [3.8, 4) is 0 Å². The van der Waals surface area contributed by atoms with Gasteiger partial charge in [0.1, 0.15) is 0 Å². The van der Waals surface area contributed by atoms with Crippen molar-refractivity contribution in [2.24, 2.45) is 0 Å². The van der Waals surface area contributed by atoms with Crippen LogP contribution in [0.1, 0.15) is 30.5 Å². The molecule has 4 heteroatoms. The lowest BCUT2D eigenvalue weighted by atomic mass is 10.1. The molecule has 1 N–H and O–H groups in total. The van der Waals surface area contributed by atoms with Gasteiger partial charge in [-0.05, 0) is 46.6 Å². The normalized spacial score (nSPS) is 11.5. The molecule has 0 aliphatic heterocycles. The van der Waals surface area contributed by atoms with E-state index in [9.17, 15) is 0 Å². The largest absolute Gasteiger partial charge is 0.310 e. The van der Waals surface area contributed by atoms with Gasteiger partial charge in [0.15, 0.2) is 0 Å². The van der Waals surface area contributed by atoms with Crippen molar-refractivity contribution < 1.29 is 0 Å². The van der Waals surface area contributed by atoms with Gasteiger partial charge in [-0.1, -0.05) is 41.9 Å². The van der Waals surface area contributed by atoms with Crippen molar-refractivity contribution in [3.63, 3.8) is 0 Å². The van der Waals surface area contributed by atoms with E-state index in [0.717, 1.165) is 19.6 Å². The first-order chi connectivity index (χ1) is 10.0. The van der Waals surface area contributed by atoms with Gasteiger partial charge < -0.3 is 5.32 Å². The molecular weight excluding hydrogens is 344 g/mol. The third kappa shape index (κ3) is 5.55. The Bertz CT molecular complexity index is 552.